The second-order valence-corrected chi connectivity index (χ2v) is 5.44. The molecule has 0 aliphatic rings. The molecule has 0 heterocycles. The van der Waals surface area contributed by atoms with E-state index in [2.05, 4.69) is 0 Å². The van der Waals surface area contributed by atoms with E-state index in [0.717, 1.165) is 17.7 Å². The third-order valence-corrected chi connectivity index (χ3v) is 3.72. The predicted molar refractivity (Wildman–Crippen MR) is 86.2 cm³/mol. The van der Waals surface area contributed by atoms with Crippen LogP contribution in [0.25, 0.3) is 0 Å². The van der Waals surface area contributed by atoms with E-state index >= 15 is 0 Å². The molecule has 2 rings (SSSR count). The van der Waals surface area contributed by atoms with Gasteiger partial charge in [0.05, 0.1) is 17.2 Å². The number of carbonyl (C=O) groups excluding carboxylic acids is 1. The number of aliphatic hydroxyl groups excluding tert-OH is 1. The van der Waals surface area contributed by atoms with Crippen molar-refractivity contribution in [3.05, 3.63) is 64.4 Å². The monoisotopic (exact) mass is 337 g/mol. The first-order valence-electron chi connectivity index (χ1n) is 7.15. The minimum absolute atomic E-state index is 0.0826. The largest absolute Gasteiger partial charge is 0.506 e. The maximum Gasteiger partial charge on any atom is 0.257 e. The highest BCUT2D eigenvalue weighted by Crippen LogP contribution is 2.29. The minimum atomic E-state index is -0.705. The molecule has 23 heavy (non-hydrogen) atoms. The van der Waals surface area contributed by atoms with Crippen LogP contribution in [0, 0.1) is 5.82 Å². The summed E-state index contributed by atoms with van der Waals surface area (Å²) in [7, 11) is 0. The van der Waals surface area contributed by atoms with Gasteiger partial charge in [0.25, 0.3) is 5.91 Å². The van der Waals surface area contributed by atoms with Crippen molar-refractivity contribution in [2.45, 2.75) is 6.42 Å². The van der Waals surface area contributed by atoms with E-state index in [4.69, 9.17) is 16.7 Å². The summed E-state index contributed by atoms with van der Waals surface area (Å²) in [6.45, 7) is 0.181. The van der Waals surface area contributed by atoms with Gasteiger partial charge in [-0.1, -0.05) is 41.9 Å². The molecule has 0 fully saturated rings. The van der Waals surface area contributed by atoms with Crippen LogP contribution in [0.1, 0.15) is 15.9 Å². The highest BCUT2D eigenvalue weighted by Gasteiger charge is 2.21. The molecule has 6 heteroatoms. The molecule has 122 valence electrons. The van der Waals surface area contributed by atoms with Crippen molar-refractivity contribution in [1.82, 2.24) is 4.90 Å². The van der Waals surface area contributed by atoms with E-state index in [0.29, 0.717) is 13.0 Å². The number of carbonyl (C=O) groups is 1. The summed E-state index contributed by atoms with van der Waals surface area (Å²) in [6.07, 6.45) is 0.580. The van der Waals surface area contributed by atoms with E-state index in [1.54, 1.807) is 0 Å². The molecule has 2 N–H and O–H groups in total. The van der Waals surface area contributed by atoms with Gasteiger partial charge in [-0.2, -0.15) is 0 Å². The molecule has 0 spiro atoms. The summed E-state index contributed by atoms with van der Waals surface area (Å²) in [5.41, 5.74) is 0.821. The molecule has 0 atom stereocenters. The number of hydrogen-bond acceptors (Lipinski definition) is 3. The standard InChI is InChI=1S/C17H17ClFNO3/c18-15-11-13(19)10-14(16(15)22)17(23)20(8-9-21)7-6-12-4-2-1-3-5-12/h1-5,10-11,21-22H,6-9H2. The highest BCUT2D eigenvalue weighted by atomic mass is 35.5. The lowest BCUT2D eigenvalue weighted by Crippen LogP contribution is -2.35. The number of aliphatic hydroxyl groups is 1. The van der Waals surface area contributed by atoms with Gasteiger partial charge < -0.3 is 15.1 Å². The van der Waals surface area contributed by atoms with Gasteiger partial charge in [-0.3, -0.25) is 4.79 Å². The van der Waals surface area contributed by atoms with Crippen molar-refractivity contribution in [3.63, 3.8) is 0 Å². The van der Waals surface area contributed by atoms with E-state index in [-0.39, 0.29) is 23.7 Å². The molecular formula is C17H17ClFNO3. The average Bonchev–Trinajstić information content (AvgIpc) is 2.55. The van der Waals surface area contributed by atoms with E-state index < -0.39 is 17.5 Å². The quantitative estimate of drug-likeness (QED) is 0.852. The number of benzene rings is 2. The molecule has 0 aromatic heterocycles. The van der Waals surface area contributed by atoms with E-state index in [1.165, 1.54) is 4.90 Å². The Balaban J connectivity index is 2.18. The maximum atomic E-state index is 13.5. The van der Waals surface area contributed by atoms with Crippen molar-refractivity contribution in [2.75, 3.05) is 19.7 Å². The van der Waals surface area contributed by atoms with E-state index in [9.17, 15) is 14.3 Å². The van der Waals surface area contributed by atoms with Gasteiger partial charge >= 0.3 is 0 Å². The molecule has 0 radical (unpaired) electrons. The summed E-state index contributed by atoms with van der Waals surface area (Å²) in [4.78, 5) is 13.9. The fraction of sp³-hybridized carbons (Fsp3) is 0.235. The summed E-state index contributed by atoms with van der Waals surface area (Å²) < 4.78 is 13.5. The summed E-state index contributed by atoms with van der Waals surface area (Å²) >= 11 is 5.71. The number of amides is 1. The van der Waals surface area contributed by atoms with Crippen LogP contribution in [0.5, 0.6) is 5.75 Å². The summed E-state index contributed by atoms with van der Waals surface area (Å²) in [6, 6.07) is 11.4. The lowest BCUT2D eigenvalue weighted by molar-refractivity contribution is 0.0720. The fourth-order valence-electron chi connectivity index (χ4n) is 2.24. The number of halogens is 2. The van der Waals surface area contributed by atoms with Crippen LogP contribution in [-0.4, -0.2) is 40.7 Å². The first kappa shape index (κ1) is 17.2. The smallest absolute Gasteiger partial charge is 0.257 e. The fourth-order valence-corrected chi connectivity index (χ4v) is 2.45. The zero-order chi connectivity index (χ0) is 16.8. The molecule has 0 unspecified atom stereocenters. The zero-order valence-corrected chi connectivity index (χ0v) is 13.1. The third-order valence-electron chi connectivity index (χ3n) is 3.43. The van der Waals surface area contributed by atoms with Crippen molar-refractivity contribution in [3.8, 4) is 5.75 Å². The Labute approximate surface area is 138 Å². The first-order valence-corrected chi connectivity index (χ1v) is 7.52. The van der Waals surface area contributed by atoms with Gasteiger partial charge in [0.15, 0.2) is 0 Å². The molecule has 2 aromatic rings. The zero-order valence-electron chi connectivity index (χ0n) is 12.4. The molecule has 2 aromatic carbocycles. The molecule has 0 saturated carbocycles. The molecule has 1 amide bonds. The molecular weight excluding hydrogens is 321 g/mol. The van der Waals surface area contributed by atoms with Crippen LogP contribution < -0.4 is 0 Å². The van der Waals surface area contributed by atoms with Gasteiger partial charge in [0, 0.05) is 13.1 Å². The van der Waals surface area contributed by atoms with Gasteiger partial charge in [-0.05, 0) is 24.1 Å². The number of rotatable bonds is 6. The van der Waals surface area contributed by atoms with Crippen LogP contribution in [0.2, 0.25) is 5.02 Å². The second kappa shape index (κ2) is 7.94. The number of hydrogen-bond donors (Lipinski definition) is 2. The molecule has 0 aliphatic heterocycles. The second-order valence-electron chi connectivity index (χ2n) is 5.04. The average molecular weight is 338 g/mol. The SMILES string of the molecule is O=C(c1cc(F)cc(Cl)c1O)N(CCO)CCc1ccccc1. The van der Waals surface area contributed by atoms with Gasteiger partial charge in [-0.25, -0.2) is 4.39 Å². The minimum Gasteiger partial charge on any atom is -0.506 e. The van der Waals surface area contributed by atoms with Gasteiger partial charge in [-0.15, -0.1) is 0 Å². The molecule has 4 nitrogen and oxygen atoms in total. The Hall–Kier alpha value is -2.11. The first-order chi connectivity index (χ1) is 11.0. The Morgan fingerprint density at radius 3 is 2.52 bits per heavy atom. The highest BCUT2D eigenvalue weighted by molar-refractivity contribution is 6.32. The molecule has 0 saturated heterocycles. The lowest BCUT2D eigenvalue weighted by atomic mass is 10.1. The van der Waals surface area contributed by atoms with Crippen LogP contribution in [0.15, 0.2) is 42.5 Å². The van der Waals surface area contributed by atoms with Gasteiger partial charge in [0.1, 0.15) is 11.6 Å². The number of aromatic hydroxyl groups is 1. The summed E-state index contributed by atoms with van der Waals surface area (Å²) in [5.74, 6) is -1.74. The van der Waals surface area contributed by atoms with Crippen LogP contribution in [0.3, 0.4) is 0 Å². The molecule has 0 bridgehead atoms. The Kier molecular flexibility index (Phi) is 5.96. The van der Waals surface area contributed by atoms with Crippen LogP contribution >= 0.6 is 11.6 Å². The van der Waals surface area contributed by atoms with Crippen LogP contribution in [-0.2, 0) is 6.42 Å². The van der Waals surface area contributed by atoms with Crippen molar-refractivity contribution in [2.24, 2.45) is 0 Å². The van der Waals surface area contributed by atoms with Crippen molar-refractivity contribution in [1.29, 1.82) is 0 Å². The third kappa shape index (κ3) is 4.43. The Morgan fingerprint density at radius 1 is 1.17 bits per heavy atom. The number of phenolic OH excluding ortho intramolecular Hbond substituents is 1. The number of phenols is 1. The lowest BCUT2D eigenvalue weighted by Gasteiger charge is -2.22. The number of nitrogens with zero attached hydrogens (tertiary/aromatic N) is 1. The van der Waals surface area contributed by atoms with Crippen molar-refractivity contribution < 1.29 is 19.4 Å². The van der Waals surface area contributed by atoms with Crippen LogP contribution in [0.4, 0.5) is 4.39 Å². The predicted octanol–water partition coefficient (Wildman–Crippen LogP) is 2.86. The van der Waals surface area contributed by atoms with E-state index in [1.807, 2.05) is 30.3 Å². The van der Waals surface area contributed by atoms with Gasteiger partial charge in [0.2, 0.25) is 0 Å². The topological polar surface area (TPSA) is 60.8 Å². The normalized spacial score (nSPS) is 10.6. The summed E-state index contributed by atoms with van der Waals surface area (Å²) in [5, 5.41) is 18.8. The van der Waals surface area contributed by atoms with Crippen molar-refractivity contribution >= 4 is 17.5 Å². The molecule has 0 aliphatic carbocycles. The Morgan fingerprint density at radius 2 is 1.87 bits per heavy atom. The Bertz CT molecular complexity index is 679. The maximum absolute atomic E-state index is 13.5.